The topological polar surface area (TPSA) is 84.0 Å². The number of carbonyl (C=O) groups excluding carboxylic acids is 2. The number of hydrogen-bond acceptors (Lipinski definition) is 5. The number of hydrogen-bond donors (Lipinski definition) is 0. The van der Waals surface area contributed by atoms with Crippen molar-refractivity contribution in [3.8, 4) is 0 Å². The average Bonchev–Trinajstić information content (AvgIpc) is 2.79. The lowest BCUT2D eigenvalue weighted by molar-refractivity contribution is -0.126. The van der Waals surface area contributed by atoms with Gasteiger partial charge in [-0.05, 0) is 50.1 Å². The standard InChI is InChI=1S/C22H25ClN2O5S/c1-16(21(26)24(2)17-9-5-3-6-10-17)30-22(27)19-15-18(11-12-20(19)23)31(28,29)25-13-7-4-8-14-25/h3,5-6,9-12,15-16H,4,7-8,13-14H2,1-2H3. The largest absolute Gasteiger partial charge is 0.449 e. The van der Waals surface area contributed by atoms with Crippen molar-refractivity contribution in [1.29, 1.82) is 0 Å². The van der Waals surface area contributed by atoms with E-state index in [0.717, 1.165) is 19.3 Å². The third-order valence-corrected chi connectivity index (χ3v) is 7.44. The van der Waals surface area contributed by atoms with Crippen molar-refractivity contribution >= 4 is 39.2 Å². The second kappa shape index (κ2) is 9.80. The molecule has 0 aliphatic carbocycles. The number of anilines is 1. The molecule has 1 unspecified atom stereocenters. The van der Waals surface area contributed by atoms with Crippen LogP contribution in [-0.2, 0) is 19.6 Å². The third-order valence-electron chi connectivity index (χ3n) is 5.22. The number of sulfonamides is 1. The molecule has 3 rings (SSSR count). The van der Waals surface area contributed by atoms with Gasteiger partial charge in [-0.25, -0.2) is 13.2 Å². The average molecular weight is 465 g/mol. The molecule has 0 saturated carbocycles. The molecule has 2 aromatic rings. The summed E-state index contributed by atoms with van der Waals surface area (Å²) in [5.74, 6) is -1.28. The van der Waals surface area contributed by atoms with Gasteiger partial charge in [0.15, 0.2) is 6.10 Å². The second-order valence-corrected chi connectivity index (χ2v) is 9.73. The normalized spacial score (nSPS) is 15.8. The maximum absolute atomic E-state index is 12.9. The minimum Gasteiger partial charge on any atom is -0.449 e. The summed E-state index contributed by atoms with van der Waals surface area (Å²) in [5, 5.41) is 0.0543. The number of esters is 1. The van der Waals surface area contributed by atoms with E-state index < -0.39 is 28.0 Å². The molecule has 0 spiro atoms. The van der Waals surface area contributed by atoms with Gasteiger partial charge in [0.25, 0.3) is 5.91 Å². The van der Waals surface area contributed by atoms with Crippen LogP contribution in [0, 0.1) is 0 Å². The molecular weight excluding hydrogens is 440 g/mol. The zero-order chi connectivity index (χ0) is 22.6. The van der Waals surface area contributed by atoms with Gasteiger partial charge < -0.3 is 9.64 Å². The summed E-state index contributed by atoms with van der Waals surface area (Å²) in [6, 6.07) is 12.9. The first kappa shape index (κ1) is 23.2. The van der Waals surface area contributed by atoms with Crippen molar-refractivity contribution in [2.75, 3.05) is 25.0 Å². The SMILES string of the molecule is CC(OC(=O)c1cc(S(=O)(=O)N2CCCCC2)ccc1Cl)C(=O)N(C)c1ccccc1. The monoisotopic (exact) mass is 464 g/mol. The molecule has 31 heavy (non-hydrogen) atoms. The van der Waals surface area contributed by atoms with Crippen molar-refractivity contribution in [1.82, 2.24) is 4.31 Å². The van der Waals surface area contributed by atoms with Crippen molar-refractivity contribution in [3.63, 3.8) is 0 Å². The summed E-state index contributed by atoms with van der Waals surface area (Å²) in [6.45, 7) is 2.35. The Labute approximate surface area is 187 Å². The van der Waals surface area contributed by atoms with Crippen molar-refractivity contribution < 1.29 is 22.7 Å². The van der Waals surface area contributed by atoms with Crippen LogP contribution in [0.5, 0.6) is 0 Å². The Morgan fingerprint density at radius 3 is 2.35 bits per heavy atom. The highest BCUT2D eigenvalue weighted by Gasteiger charge is 2.29. The molecule has 2 aromatic carbocycles. The van der Waals surface area contributed by atoms with Gasteiger partial charge in [-0.3, -0.25) is 4.79 Å². The molecule has 166 valence electrons. The van der Waals surface area contributed by atoms with Crippen molar-refractivity contribution in [2.24, 2.45) is 0 Å². The van der Waals surface area contributed by atoms with Gasteiger partial charge in [0.2, 0.25) is 10.0 Å². The summed E-state index contributed by atoms with van der Waals surface area (Å²) >= 11 is 6.14. The van der Waals surface area contributed by atoms with Gasteiger partial charge in [-0.1, -0.05) is 36.2 Å². The molecule has 1 fully saturated rings. The fourth-order valence-corrected chi connectivity index (χ4v) is 5.14. The van der Waals surface area contributed by atoms with Gasteiger partial charge >= 0.3 is 5.97 Å². The molecule has 0 bridgehead atoms. The predicted octanol–water partition coefficient (Wildman–Crippen LogP) is 3.72. The van der Waals surface area contributed by atoms with Gasteiger partial charge in [-0.2, -0.15) is 4.31 Å². The maximum atomic E-state index is 12.9. The van der Waals surface area contributed by atoms with Crippen LogP contribution in [0.25, 0.3) is 0 Å². The molecule has 1 aliphatic heterocycles. The van der Waals surface area contributed by atoms with E-state index in [9.17, 15) is 18.0 Å². The molecule has 0 N–H and O–H groups in total. The Kier molecular flexibility index (Phi) is 7.35. The van der Waals surface area contributed by atoms with Crippen LogP contribution >= 0.6 is 11.6 Å². The number of rotatable bonds is 6. The smallest absolute Gasteiger partial charge is 0.340 e. The van der Waals surface area contributed by atoms with E-state index in [4.69, 9.17) is 16.3 Å². The fraction of sp³-hybridized carbons (Fsp3) is 0.364. The first-order valence-corrected chi connectivity index (χ1v) is 11.9. The molecule has 0 radical (unpaired) electrons. The number of amides is 1. The molecule has 1 heterocycles. The van der Waals surface area contributed by atoms with Crippen LogP contribution < -0.4 is 4.90 Å². The first-order valence-electron chi connectivity index (χ1n) is 10.0. The fourth-order valence-electron chi connectivity index (χ4n) is 3.40. The number of para-hydroxylation sites is 1. The van der Waals surface area contributed by atoms with E-state index in [1.54, 1.807) is 31.3 Å². The molecule has 1 aliphatic rings. The summed E-state index contributed by atoms with van der Waals surface area (Å²) < 4.78 is 32.6. The molecule has 7 nitrogen and oxygen atoms in total. The van der Waals surface area contributed by atoms with Gasteiger partial charge in [0.05, 0.1) is 15.5 Å². The predicted molar refractivity (Wildman–Crippen MR) is 119 cm³/mol. The van der Waals surface area contributed by atoms with Crippen LogP contribution in [0.1, 0.15) is 36.5 Å². The van der Waals surface area contributed by atoms with Crippen LogP contribution in [0.15, 0.2) is 53.4 Å². The highest BCUT2D eigenvalue weighted by atomic mass is 35.5. The van der Waals surface area contributed by atoms with Gasteiger partial charge in [0.1, 0.15) is 0 Å². The third kappa shape index (κ3) is 5.26. The van der Waals surface area contributed by atoms with Gasteiger partial charge in [0, 0.05) is 25.8 Å². The second-order valence-electron chi connectivity index (χ2n) is 7.39. The number of ether oxygens (including phenoxy) is 1. The summed E-state index contributed by atoms with van der Waals surface area (Å²) in [6.07, 6.45) is 1.51. The molecule has 0 aromatic heterocycles. The Morgan fingerprint density at radius 2 is 1.71 bits per heavy atom. The number of likely N-dealkylation sites (N-methyl/N-ethyl adjacent to an activating group) is 1. The highest BCUT2D eigenvalue weighted by Crippen LogP contribution is 2.26. The zero-order valence-electron chi connectivity index (χ0n) is 17.5. The number of nitrogens with zero attached hydrogens (tertiary/aromatic N) is 2. The molecule has 1 amide bonds. The van der Waals surface area contributed by atoms with E-state index >= 15 is 0 Å². The van der Waals surface area contributed by atoms with E-state index in [-0.39, 0.29) is 15.5 Å². The maximum Gasteiger partial charge on any atom is 0.340 e. The van der Waals surface area contributed by atoms with Crippen LogP contribution in [0.3, 0.4) is 0 Å². The molecule has 1 saturated heterocycles. The molecular formula is C22H25ClN2O5S. The minimum absolute atomic E-state index is 0.0221. The molecule has 9 heteroatoms. The van der Waals surface area contributed by atoms with Crippen molar-refractivity contribution in [2.45, 2.75) is 37.2 Å². The Hall–Kier alpha value is -2.42. The number of benzene rings is 2. The van der Waals surface area contributed by atoms with Crippen LogP contribution in [0.2, 0.25) is 5.02 Å². The van der Waals surface area contributed by atoms with Crippen molar-refractivity contribution in [3.05, 3.63) is 59.1 Å². The number of halogens is 1. The number of piperidine rings is 1. The van der Waals surface area contributed by atoms with Crippen LogP contribution in [0.4, 0.5) is 5.69 Å². The van der Waals surface area contributed by atoms with E-state index in [1.165, 1.54) is 34.3 Å². The molecule has 1 atom stereocenters. The van der Waals surface area contributed by atoms with E-state index in [2.05, 4.69) is 0 Å². The summed E-state index contributed by atoms with van der Waals surface area (Å²) in [5.41, 5.74) is 0.560. The lowest BCUT2D eigenvalue weighted by atomic mass is 10.2. The van der Waals surface area contributed by atoms with E-state index in [1.807, 2.05) is 6.07 Å². The quantitative estimate of drug-likeness (QED) is 0.608. The Bertz CT molecular complexity index is 1050. The number of carbonyl (C=O) groups is 2. The zero-order valence-corrected chi connectivity index (χ0v) is 19.0. The van der Waals surface area contributed by atoms with Crippen LogP contribution in [-0.4, -0.2) is 50.8 Å². The Morgan fingerprint density at radius 1 is 1.06 bits per heavy atom. The first-order chi connectivity index (χ1) is 14.7. The summed E-state index contributed by atoms with van der Waals surface area (Å²) in [7, 11) is -2.15. The lowest BCUT2D eigenvalue weighted by Gasteiger charge is -2.26. The summed E-state index contributed by atoms with van der Waals surface area (Å²) in [4.78, 5) is 26.7. The van der Waals surface area contributed by atoms with E-state index in [0.29, 0.717) is 18.8 Å². The minimum atomic E-state index is -3.74. The lowest BCUT2D eigenvalue weighted by Crippen LogP contribution is -2.37. The highest BCUT2D eigenvalue weighted by molar-refractivity contribution is 7.89. The van der Waals surface area contributed by atoms with Gasteiger partial charge in [-0.15, -0.1) is 0 Å². The Balaban J connectivity index is 1.77.